The van der Waals surface area contributed by atoms with E-state index in [-0.39, 0.29) is 23.5 Å². The van der Waals surface area contributed by atoms with Gasteiger partial charge in [-0.05, 0) is 38.4 Å². The van der Waals surface area contributed by atoms with Crippen LogP contribution in [-0.4, -0.2) is 89.4 Å². The number of hydrogen-bond donors (Lipinski definition) is 0. The zero-order chi connectivity index (χ0) is 21.0. The second-order valence-electron chi connectivity index (χ2n) is 9.91. The Labute approximate surface area is 176 Å². The van der Waals surface area contributed by atoms with Crippen LogP contribution in [0.25, 0.3) is 0 Å². The monoisotopic (exact) mass is 405 g/mol. The SMILES string of the molecule is CN1CCCN(C[C@@H]2OCCN(C(=O)CCC(C)(C)C)[C@H]2c2cnn(C)c2)CC1. The number of rotatable bonds is 5. The van der Waals surface area contributed by atoms with Crippen molar-refractivity contribution in [1.82, 2.24) is 24.5 Å². The molecule has 7 nitrogen and oxygen atoms in total. The molecule has 29 heavy (non-hydrogen) atoms. The molecule has 0 N–H and O–H groups in total. The minimum Gasteiger partial charge on any atom is -0.373 e. The third-order valence-corrected chi connectivity index (χ3v) is 6.08. The van der Waals surface area contributed by atoms with E-state index >= 15 is 0 Å². The Morgan fingerprint density at radius 1 is 1.17 bits per heavy atom. The van der Waals surface area contributed by atoms with Gasteiger partial charge in [-0.3, -0.25) is 14.4 Å². The second-order valence-corrected chi connectivity index (χ2v) is 9.91. The van der Waals surface area contributed by atoms with E-state index in [2.05, 4.69) is 47.6 Å². The van der Waals surface area contributed by atoms with Gasteiger partial charge in [0, 0.05) is 51.4 Å². The first-order valence-electron chi connectivity index (χ1n) is 11.0. The summed E-state index contributed by atoms with van der Waals surface area (Å²) in [5.74, 6) is 0.234. The molecule has 2 saturated heterocycles. The normalized spacial score (nSPS) is 25.2. The number of aromatic nitrogens is 2. The minimum absolute atomic E-state index is 0.0186. The van der Waals surface area contributed by atoms with Gasteiger partial charge in [-0.1, -0.05) is 20.8 Å². The van der Waals surface area contributed by atoms with Gasteiger partial charge in [0.15, 0.2) is 0 Å². The maximum absolute atomic E-state index is 13.2. The zero-order valence-corrected chi connectivity index (χ0v) is 18.9. The Hall–Kier alpha value is -1.44. The molecule has 2 aliphatic rings. The fraction of sp³-hybridized carbons (Fsp3) is 0.818. The van der Waals surface area contributed by atoms with Crippen molar-refractivity contribution < 1.29 is 9.53 Å². The summed E-state index contributed by atoms with van der Waals surface area (Å²) in [5.41, 5.74) is 1.23. The maximum atomic E-state index is 13.2. The lowest BCUT2D eigenvalue weighted by atomic mass is 9.90. The third-order valence-electron chi connectivity index (χ3n) is 6.08. The second kappa shape index (κ2) is 9.58. The highest BCUT2D eigenvalue weighted by Gasteiger charge is 2.38. The quantitative estimate of drug-likeness (QED) is 0.751. The Balaban J connectivity index is 1.76. The van der Waals surface area contributed by atoms with Gasteiger partial charge in [-0.15, -0.1) is 0 Å². The number of likely N-dealkylation sites (N-methyl/N-ethyl adjacent to an activating group) is 1. The fourth-order valence-corrected chi connectivity index (χ4v) is 4.32. The lowest BCUT2D eigenvalue weighted by Gasteiger charge is -2.43. The summed E-state index contributed by atoms with van der Waals surface area (Å²) in [5, 5.41) is 4.38. The number of ether oxygens (including phenoxy) is 1. The van der Waals surface area contributed by atoms with E-state index in [1.165, 1.54) is 6.42 Å². The van der Waals surface area contributed by atoms with Crippen LogP contribution in [0.4, 0.5) is 0 Å². The van der Waals surface area contributed by atoms with Gasteiger partial charge < -0.3 is 14.5 Å². The molecule has 0 aromatic carbocycles. The van der Waals surface area contributed by atoms with Gasteiger partial charge in [0.1, 0.15) is 0 Å². The summed E-state index contributed by atoms with van der Waals surface area (Å²) in [6, 6.07) is -0.0640. The van der Waals surface area contributed by atoms with Crippen molar-refractivity contribution in [1.29, 1.82) is 0 Å². The molecular formula is C22H39N5O2. The molecule has 0 spiro atoms. The standard InChI is InChI=1S/C22H39N5O2/c1-22(2,3)8-7-20(28)27-13-14-29-19(21(27)18-15-23-25(5)16-18)17-26-10-6-9-24(4)11-12-26/h15-16,19,21H,6-14,17H2,1-5H3/t19-,21-/m0/s1. The van der Waals surface area contributed by atoms with Gasteiger partial charge in [0.05, 0.1) is 24.9 Å². The molecule has 3 heterocycles. The van der Waals surface area contributed by atoms with Crippen molar-refractivity contribution >= 4 is 5.91 Å². The first kappa shape index (κ1) is 22.2. The van der Waals surface area contributed by atoms with E-state index in [9.17, 15) is 4.79 Å². The van der Waals surface area contributed by atoms with Crippen LogP contribution < -0.4 is 0 Å². The van der Waals surface area contributed by atoms with E-state index in [4.69, 9.17) is 4.74 Å². The van der Waals surface area contributed by atoms with Crippen molar-refractivity contribution in [3.8, 4) is 0 Å². The van der Waals surface area contributed by atoms with Crippen molar-refractivity contribution in [2.45, 2.75) is 52.2 Å². The van der Waals surface area contributed by atoms with Gasteiger partial charge in [0.2, 0.25) is 5.91 Å². The van der Waals surface area contributed by atoms with Crippen LogP contribution in [0.3, 0.4) is 0 Å². The lowest BCUT2D eigenvalue weighted by molar-refractivity contribution is -0.149. The van der Waals surface area contributed by atoms with Crippen molar-refractivity contribution in [2.24, 2.45) is 12.5 Å². The Morgan fingerprint density at radius 2 is 1.97 bits per heavy atom. The molecule has 3 rings (SSSR count). The van der Waals surface area contributed by atoms with Gasteiger partial charge in [-0.2, -0.15) is 5.10 Å². The summed E-state index contributed by atoms with van der Waals surface area (Å²) in [7, 11) is 4.12. The number of morpholine rings is 1. The highest BCUT2D eigenvalue weighted by molar-refractivity contribution is 5.77. The summed E-state index contributed by atoms with van der Waals surface area (Å²) >= 11 is 0. The van der Waals surface area contributed by atoms with Crippen LogP contribution in [0.5, 0.6) is 0 Å². The van der Waals surface area contributed by atoms with Gasteiger partial charge in [0.25, 0.3) is 0 Å². The average molecular weight is 406 g/mol. The first-order chi connectivity index (χ1) is 13.7. The molecule has 0 saturated carbocycles. The Morgan fingerprint density at radius 3 is 2.66 bits per heavy atom. The largest absolute Gasteiger partial charge is 0.373 e. The molecular weight excluding hydrogens is 366 g/mol. The Kier molecular flexibility index (Phi) is 7.35. The van der Waals surface area contributed by atoms with Gasteiger partial charge in [-0.25, -0.2) is 0 Å². The van der Waals surface area contributed by atoms with Crippen molar-refractivity contribution in [2.75, 3.05) is 52.9 Å². The molecule has 0 bridgehead atoms. The van der Waals surface area contributed by atoms with Crippen molar-refractivity contribution in [3.05, 3.63) is 18.0 Å². The molecule has 2 aliphatic heterocycles. The van der Waals surface area contributed by atoms with Crippen LogP contribution in [0.15, 0.2) is 12.4 Å². The number of hydrogen-bond acceptors (Lipinski definition) is 5. The van der Waals surface area contributed by atoms with Crippen LogP contribution in [-0.2, 0) is 16.6 Å². The van der Waals surface area contributed by atoms with Crippen LogP contribution in [0.1, 0.15) is 51.6 Å². The van der Waals surface area contributed by atoms with E-state index < -0.39 is 0 Å². The zero-order valence-electron chi connectivity index (χ0n) is 18.9. The fourth-order valence-electron chi connectivity index (χ4n) is 4.32. The highest BCUT2D eigenvalue weighted by Crippen LogP contribution is 2.32. The predicted molar refractivity (Wildman–Crippen MR) is 115 cm³/mol. The van der Waals surface area contributed by atoms with E-state index in [1.54, 1.807) is 0 Å². The Bertz CT molecular complexity index is 668. The smallest absolute Gasteiger partial charge is 0.223 e. The van der Waals surface area contributed by atoms with Crippen LogP contribution in [0.2, 0.25) is 0 Å². The number of nitrogens with zero attached hydrogens (tertiary/aromatic N) is 5. The summed E-state index contributed by atoms with van der Waals surface area (Å²) in [6.07, 6.45) is 6.57. The topological polar surface area (TPSA) is 53.8 Å². The number of aryl methyl sites for hydroxylation is 1. The number of carbonyl (C=O) groups is 1. The first-order valence-corrected chi connectivity index (χ1v) is 11.0. The summed E-state index contributed by atoms with van der Waals surface area (Å²) < 4.78 is 8.08. The summed E-state index contributed by atoms with van der Waals surface area (Å²) in [4.78, 5) is 20.1. The highest BCUT2D eigenvalue weighted by atomic mass is 16.5. The molecule has 164 valence electrons. The van der Waals surface area contributed by atoms with Gasteiger partial charge >= 0.3 is 0 Å². The third kappa shape index (κ3) is 6.27. The predicted octanol–water partition coefficient (Wildman–Crippen LogP) is 2.15. The van der Waals surface area contributed by atoms with Crippen LogP contribution in [0, 0.1) is 5.41 Å². The molecule has 0 aliphatic carbocycles. The molecule has 0 radical (unpaired) electrons. The number of carbonyl (C=O) groups excluding carboxylic acids is 1. The average Bonchev–Trinajstić information content (AvgIpc) is 2.98. The molecule has 1 aromatic rings. The van der Waals surface area contributed by atoms with E-state index in [0.717, 1.165) is 44.7 Å². The summed E-state index contributed by atoms with van der Waals surface area (Å²) in [6.45, 7) is 13.1. The van der Waals surface area contributed by atoms with Crippen LogP contribution >= 0.6 is 0 Å². The maximum Gasteiger partial charge on any atom is 0.223 e. The van der Waals surface area contributed by atoms with E-state index in [0.29, 0.717) is 19.6 Å². The van der Waals surface area contributed by atoms with E-state index in [1.807, 2.05) is 24.1 Å². The minimum atomic E-state index is -0.0640. The molecule has 7 heteroatoms. The molecule has 1 aromatic heterocycles. The molecule has 1 amide bonds. The lowest BCUT2D eigenvalue weighted by Crippen LogP contribution is -2.52. The number of amides is 1. The molecule has 2 fully saturated rings. The van der Waals surface area contributed by atoms with Crippen molar-refractivity contribution in [3.63, 3.8) is 0 Å². The molecule has 2 atom stereocenters. The molecule has 0 unspecified atom stereocenters.